The first-order valence-electron chi connectivity index (χ1n) is 6.79. The van der Waals surface area contributed by atoms with Crippen LogP contribution in [-0.4, -0.2) is 47.1 Å². The molecule has 1 aliphatic rings. The number of nitrogens with zero attached hydrogens (tertiary/aromatic N) is 2. The Balaban J connectivity index is 2.30. The van der Waals surface area contributed by atoms with Gasteiger partial charge < -0.3 is 15.3 Å². The predicted molar refractivity (Wildman–Crippen MR) is 78.8 cm³/mol. The molecule has 114 valence electrons. The topological polar surface area (TPSA) is 95.7 Å². The highest BCUT2D eigenvalue weighted by atomic mass is 16.6. The number of para-hydroxylation sites is 1. The van der Waals surface area contributed by atoms with E-state index in [1.807, 2.05) is 14.1 Å². The Labute approximate surface area is 122 Å². The van der Waals surface area contributed by atoms with E-state index in [2.05, 4.69) is 10.2 Å². The van der Waals surface area contributed by atoms with E-state index in [0.29, 0.717) is 6.54 Å². The van der Waals surface area contributed by atoms with Crippen molar-refractivity contribution in [2.75, 3.05) is 26.0 Å². The lowest BCUT2D eigenvalue weighted by molar-refractivity contribution is -0.384. The zero-order valence-electron chi connectivity index (χ0n) is 12.1. The summed E-state index contributed by atoms with van der Waals surface area (Å²) in [5.41, 5.74) is -0.247. The van der Waals surface area contributed by atoms with Gasteiger partial charge in [0.05, 0.1) is 10.5 Å². The van der Waals surface area contributed by atoms with E-state index in [9.17, 15) is 20.0 Å². The number of carboxylic acid groups (broad SMARTS) is 1. The highest BCUT2D eigenvalue weighted by Gasteiger charge is 2.39. The average molecular weight is 293 g/mol. The van der Waals surface area contributed by atoms with Gasteiger partial charge >= 0.3 is 5.97 Å². The molecule has 0 radical (unpaired) electrons. The van der Waals surface area contributed by atoms with Crippen molar-refractivity contribution in [3.8, 4) is 0 Å². The van der Waals surface area contributed by atoms with Crippen LogP contribution in [0.25, 0.3) is 0 Å². The fourth-order valence-electron chi connectivity index (χ4n) is 2.68. The van der Waals surface area contributed by atoms with Crippen LogP contribution in [-0.2, 0) is 0 Å². The third-order valence-electron chi connectivity index (χ3n) is 4.30. The lowest BCUT2D eigenvalue weighted by atomic mass is 9.75. The van der Waals surface area contributed by atoms with Gasteiger partial charge in [-0.25, -0.2) is 4.79 Å². The monoisotopic (exact) mass is 293 g/mol. The maximum atomic E-state index is 11.3. The number of benzene rings is 1. The molecule has 21 heavy (non-hydrogen) atoms. The van der Waals surface area contributed by atoms with Gasteiger partial charge in [0.1, 0.15) is 5.69 Å². The van der Waals surface area contributed by atoms with Crippen LogP contribution >= 0.6 is 0 Å². The Kier molecular flexibility index (Phi) is 4.13. The molecular formula is C14H19N3O4. The fourth-order valence-corrected chi connectivity index (χ4v) is 2.68. The third kappa shape index (κ3) is 2.82. The molecule has 1 saturated carbocycles. The highest BCUT2D eigenvalue weighted by Crippen LogP contribution is 2.37. The van der Waals surface area contributed by atoms with Crippen LogP contribution in [0.15, 0.2) is 18.2 Å². The Hall–Kier alpha value is -2.15. The second kappa shape index (κ2) is 5.69. The SMILES string of the molecule is CN(C)C1(CNc2c(C(=O)O)cccc2[N+](=O)[O-])CCC1. The molecule has 0 aromatic heterocycles. The van der Waals surface area contributed by atoms with Crippen LogP contribution < -0.4 is 5.32 Å². The summed E-state index contributed by atoms with van der Waals surface area (Å²) < 4.78 is 0. The molecule has 1 aromatic carbocycles. The van der Waals surface area contributed by atoms with Gasteiger partial charge in [0, 0.05) is 18.2 Å². The Morgan fingerprint density at radius 1 is 1.48 bits per heavy atom. The molecule has 0 unspecified atom stereocenters. The summed E-state index contributed by atoms with van der Waals surface area (Å²) in [6.07, 6.45) is 3.11. The number of nitro benzene ring substituents is 1. The van der Waals surface area contributed by atoms with E-state index >= 15 is 0 Å². The van der Waals surface area contributed by atoms with Crippen LogP contribution in [0.4, 0.5) is 11.4 Å². The zero-order valence-corrected chi connectivity index (χ0v) is 12.1. The second-order valence-electron chi connectivity index (χ2n) is 5.59. The number of rotatable bonds is 6. The molecule has 1 aromatic rings. The molecule has 2 N–H and O–H groups in total. The van der Waals surface area contributed by atoms with Crippen molar-refractivity contribution < 1.29 is 14.8 Å². The number of hydrogen-bond donors (Lipinski definition) is 2. The van der Waals surface area contributed by atoms with Crippen molar-refractivity contribution in [3.63, 3.8) is 0 Å². The summed E-state index contributed by atoms with van der Waals surface area (Å²) in [7, 11) is 3.94. The van der Waals surface area contributed by atoms with Gasteiger partial charge in [-0.05, 0) is 39.4 Å². The van der Waals surface area contributed by atoms with Gasteiger partial charge in [-0.15, -0.1) is 0 Å². The molecule has 7 heteroatoms. The van der Waals surface area contributed by atoms with Crippen LogP contribution in [0.1, 0.15) is 29.6 Å². The maximum absolute atomic E-state index is 11.3. The normalized spacial score (nSPS) is 16.3. The van der Waals surface area contributed by atoms with Crippen molar-refractivity contribution in [1.82, 2.24) is 4.90 Å². The van der Waals surface area contributed by atoms with Crippen LogP contribution in [0.3, 0.4) is 0 Å². The molecule has 0 heterocycles. The Morgan fingerprint density at radius 2 is 2.14 bits per heavy atom. The lowest BCUT2D eigenvalue weighted by Gasteiger charge is -2.47. The van der Waals surface area contributed by atoms with Gasteiger partial charge in [-0.3, -0.25) is 10.1 Å². The van der Waals surface area contributed by atoms with E-state index < -0.39 is 10.9 Å². The fraction of sp³-hybridized carbons (Fsp3) is 0.500. The summed E-state index contributed by atoms with van der Waals surface area (Å²) in [6, 6.07) is 4.08. The Morgan fingerprint density at radius 3 is 2.57 bits per heavy atom. The lowest BCUT2D eigenvalue weighted by Crippen LogP contribution is -2.54. The van der Waals surface area contributed by atoms with Gasteiger partial charge in [-0.1, -0.05) is 6.07 Å². The highest BCUT2D eigenvalue weighted by molar-refractivity contribution is 5.96. The first-order chi connectivity index (χ1) is 9.87. The van der Waals surface area contributed by atoms with Crippen LogP contribution in [0.5, 0.6) is 0 Å². The number of nitrogens with one attached hydrogen (secondary N) is 1. The van der Waals surface area contributed by atoms with Gasteiger partial charge in [0.2, 0.25) is 0 Å². The molecule has 0 bridgehead atoms. The molecule has 0 atom stereocenters. The maximum Gasteiger partial charge on any atom is 0.338 e. The number of carbonyl (C=O) groups is 1. The molecule has 0 saturated heterocycles. The van der Waals surface area contributed by atoms with Gasteiger partial charge in [-0.2, -0.15) is 0 Å². The van der Waals surface area contributed by atoms with Crippen LogP contribution in [0, 0.1) is 10.1 Å². The quantitative estimate of drug-likeness (QED) is 0.616. The second-order valence-corrected chi connectivity index (χ2v) is 5.59. The summed E-state index contributed by atoms with van der Waals surface area (Å²) in [4.78, 5) is 23.9. The summed E-state index contributed by atoms with van der Waals surface area (Å²) >= 11 is 0. The molecule has 2 rings (SSSR count). The minimum atomic E-state index is -1.17. The van der Waals surface area contributed by atoms with E-state index in [1.165, 1.54) is 18.2 Å². The first kappa shape index (κ1) is 15.2. The smallest absolute Gasteiger partial charge is 0.338 e. The van der Waals surface area contributed by atoms with E-state index in [0.717, 1.165) is 19.3 Å². The first-order valence-corrected chi connectivity index (χ1v) is 6.79. The van der Waals surface area contributed by atoms with Gasteiger partial charge in [0.15, 0.2) is 0 Å². The molecule has 1 fully saturated rings. The number of likely N-dealkylation sites (N-methyl/N-ethyl adjacent to an activating group) is 1. The van der Waals surface area contributed by atoms with Gasteiger partial charge in [0.25, 0.3) is 5.69 Å². The number of hydrogen-bond acceptors (Lipinski definition) is 5. The van der Waals surface area contributed by atoms with Crippen molar-refractivity contribution in [2.45, 2.75) is 24.8 Å². The van der Waals surface area contributed by atoms with Crippen LogP contribution in [0.2, 0.25) is 0 Å². The minimum absolute atomic E-state index is 0.0561. The van der Waals surface area contributed by atoms with Crippen molar-refractivity contribution in [1.29, 1.82) is 0 Å². The number of aromatic carboxylic acids is 1. The number of anilines is 1. The molecule has 0 spiro atoms. The minimum Gasteiger partial charge on any atom is -0.478 e. The van der Waals surface area contributed by atoms with E-state index in [1.54, 1.807) is 0 Å². The van der Waals surface area contributed by atoms with Crippen molar-refractivity contribution in [2.24, 2.45) is 0 Å². The van der Waals surface area contributed by atoms with Crippen molar-refractivity contribution in [3.05, 3.63) is 33.9 Å². The largest absolute Gasteiger partial charge is 0.478 e. The molecule has 7 nitrogen and oxygen atoms in total. The number of nitro groups is 1. The Bertz CT molecular complexity index is 535. The molecular weight excluding hydrogens is 274 g/mol. The summed E-state index contributed by atoms with van der Waals surface area (Å²) in [6.45, 7) is 0.491. The molecule has 0 aliphatic heterocycles. The van der Waals surface area contributed by atoms with E-state index in [-0.39, 0.29) is 22.5 Å². The standard InChI is InChI=1S/C14H19N3O4/c1-16(2)14(7-4-8-14)9-15-12-10(13(18)19)5-3-6-11(12)17(20)21/h3,5-6,15H,4,7-9H2,1-2H3,(H,18,19). The average Bonchev–Trinajstić information content (AvgIpc) is 2.36. The third-order valence-corrected chi connectivity index (χ3v) is 4.30. The van der Waals surface area contributed by atoms with E-state index in [4.69, 9.17) is 0 Å². The number of carboxylic acids is 1. The summed E-state index contributed by atoms with van der Waals surface area (Å²) in [5, 5.41) is 23.3. The molecule has 1 aliphatic carbocycles. The van der Waals surface area contributed by atoms with Crippen molar-refractivity contribution >= 4 is 17.3 Å². The molecule has 0 amide bonds. The predicted octanol–water partition coefficient (Wildman–Crippen LogP) is 2.19. The zero-order chi connectivity index (χ0) is 15.6. The summed E-state index contributed by atoms with van der Waals surface area (Å²) in [5.74, 6) is -1.17.